The number of halogens is 1. The Bertz CT molecular complexity index is 1040. The molecule has 6 nitrogen and oxygen atoms in total. The van der Waals surface area contributed by atoms with Gasteiger partial charge in [-0.25, -0.2) is 9.18 Å². The van der Waals surface area contributed by atoms with E-state index in [4.69, 9.17) is 12.2 Å². The Morgan fingerprint density at radius 3 is 2.56 bits per heavy atom. The molecule has 0 spiro atoms. The normalized spacial score (nSPS) is 10.6. The molecular weight excluding hydrogens is 369 g/mol. The van der Waals surface area contributed by atoms with E-state index in [2.05, 4.69) is 15.6 Å². The summed E-state index contributed by atoms with van der Waals surface area (Å²) in [6.07, 6.45) is 2.05. The minimum Gasteiger partial charge on any atom is -0.505 e. The summed E-state index contributed by atoms with van der Waals surface area (Å²) in [6.45, 7) is 0. The summed E-state index contributed by atoms with van der Waals surface area (Å²) in [7, 11) is 1.63. The Kier molecular flexibility index (Phi) is 5.18. The summed E-state index contributed by atoms with van der Waals surface area (Å²) in [5.74, 6) is -2.00. The number of nitrogens with zero attached hydrogens (tertiary/aromatic N) is 1. The number of benzene rings is 2. The summed E-state index contributed by atoms with van der Waals surface area (Å²) < 4.78 is 13.1. The third kappa shape index (κ3) is 3.95. The molecule has 0 fully saturated rings. The Morgan fingerprint density at radius 1 is 1.22 bits per heavy atom. The fraction of sp³-hybridized carbons (Fsp3) is 0.105. The lowest BCUT2D eigenvalue weighted by atomic mass is 10.0. The second-order valence-corrected chi connectivity index (χ2v) is 6.28. The monoisotopic (exact) mass is 385 g/mol. The largest absolute Gasteiger partial charge is 0.505 e. The first-order chi connectivity index (χ1) is 12.9. The van der Waals surface area contributed by atoms with Crippen LogP contribution in [0.1, 0.15) is 21.5 Å². The maximum atomic E-state index is 13.1. The number of carboxylic acids is 1. The number of fused-ring (bicyclic) bond motifs is 1. The zero-order chi connectivity index (χ0) is 19.6. The Balaban J connectivity index is 2.11. The van der Waals surface area contributed by atoms with Crippen molar-refractivity contribution in [2.75, 3.05) is 12.4 Å². The number of hydrogen-bond acceptors (Lipinski definition) is 4. The molecule has 0 saturated heterocycles. The average molecular weight is 385 g/mol. The Labute approximate surface area is 159 Å². The highest BCUT2D eigenvalue weighted by atomic mass is 32.1. The van der Waals surface area contributed by atoms with Crippen molar-refractivity contribution in [3.05, 3.63) is 65.1 Å². The van der Waals surface area contributed by atoms with Gasteiger partial charge in [0.25, 0.3) is 0 Å². The number of thiocarbonyl (C=S) groups is 1. The molecular formula is C19H16FN3O3S. The van der Waals surface area contributed by atoms with Crippen molar-refractivity contribution in [2.24, 2.45) is 0 Å². The van der Waals surface area contributed by atoms with Crippen LogP contribution in [0.5, 0.6) is 5.75 Å². The van der Waals surface area contributed by atoms with Crippen molar-refractivity contribution in [1.82, 2.24) is 10.3 Å². The first-order valence-electron chi connectivity index (χ1n) is 8.00. The van der Waals surface area contributed by atoms with Gasteiger partial charge in [0.2, 0.25) is 0 Å². The van der Waals surface area contributed by atoms with Crippen LogP contribution in [0.4, 0.5) is 10.1 Å². The molecule has 3 rings (SSSR count). The molecule has 0 radical (unpaired) electrons. The van der Waals surface area contributed by atoms with Crippen molar-refractivity contribution in [3.63, 3.8) is 0 Å². The third-order valence-electron chi connectivity index (χ3n) is 4.03. The minimum absolute atomic E-state index is 0.152. The van der Waals surface area contributed by atoms with Gasteiger partial charge in [-0.3, -0.25) is 4.98 Å². The molecule has 0 saturated carbocycles. The van der Waals surface area contributed by atoms with E-state index in [9.17, 15) is 19.4 Å². The van der Waals surface area contributed by atoms with Crippen molar-refractivity contribution in [1.29, 1.82) is 0 Å². The number of rotatable bonds is 4. The summed E-state index contributed by atoms with van der Waals surface area (Å²) in [5, 5.41) is 26.1. The van der Waals surface area contributed by atoms with Crippen LogP contribution in [0.15, 0.2) is 42.6 Å². The molecule has 138 valence electrons. The summed E-state index contributed by atoms with van der Waals surface area (Å²) in [4.78, 5) is 15.7. The van der Waals surface area contributed by atoms with Gasteiger partial charge in [0.1, 0.15) is 16.9 Å². The van der Waals surface area contributed by atoms with Crippen molar-refractivity contribution < 1.29 is 19.4 Å². The molecule has 8 heteroatoms. The first-order valence-corrected chi connectivity index (χ1v) is 8.41. The number of aromatic hydroxyl groups is 1. The average Bonchev–Trinajstić information content (AvgIpc) is 2.65. The summed E-state index contributed by atoms with van der Waals surface area (Å²) >= 11 is 5.10. The summed E-state index contributed by atoms with van der Waals surface area (Å²) in [6, 6.07) is 9.23. The lowest BCUT2D eigenvalue weighted by Gasteiger charge is -2.14. The maximum absolute atomic E-state index is 13.1. The predicted molar refractivity (Wildman–Crippen MR) is 105 cm³/mol. The molecule has 3 aromatic rings. The molecule has 2 aromatic carbocycles. The van der Waals surface area contributed by atoms with Crippen LogP contribution in [0, 0.1) is 5.82 Å². The Morgan fingerprint density at radius 2 is 1.93 bits per heavy atom. The van der Waals surface area contributed by atoms with Crippen LogP contribution in [-0.2, 0) is 6.42 Å². The van der Waals surface area contributed by atoms with E-state index in [1.54, 1.807) is 31.4 Å². The topological polar surface area (TPSA) is 94.5 Å². The molecule has 0 bridgehead atoms. The SMILES string of the molecule is CNC(=S)Nc1cc(C(=O)O)c(O)c2ncc(Cc3ccc(F)cc3)cc12. The molecule has 27 heavy (non-hydrogen) atoms. The highest BCUT2D eigenvalue weighted by molar-refractivity contribution is 7.80. The van der Waals surface area contributed by atoms with Gasteiger partial charge >= 0.3 is 5.97 Å². The van der Waals surface area contributed by atoms with Gasteiger partial charge in [-0.05, 0) is 54.0 Å². The van der Waals surface area contributed by atoms with Crippen LogP contribution < -0.4 is 10.6 Å². The number of aromatic nitrogens is 1. The van der Waals surface area contributed by atoms with E-state index in [0.717, 1.165) is 11.1 Å². The number of nitrogens with one attached hydrogen (secondary N) is 2. The van der Waals surface area contributed by atoms with Gasteiger partial charge in [-0.2, -0.15) is 0 Å². The number of carboxylic acid groups (broad SMARTS) is 1. The number of anilines is 1. The smallest absolute Gasteiger partial charge is 0.339 e. The van der Waals surface area contributed by atoms with Gasteiger partial charge in [-0.15, -0.1) is 0 Å². The van der Waals surface area contributed by atoms with E-state index >= 15 is 0 Å². The number of pyridine rings is 1. The number of aromatic carboxylic acids is 1. The number of carbonyl (C=O) groups is 1. The van der Waals surface area contributed by atoms with E-state index in [1.165, 1.54) is 18.2 Å². The molecule has 0 aliphatic rings. The molecule has 0 aliphatic heterocycles. The standard InChI is InChI=1S/C19H16FN3O3S/c1-21-19(27)23-15-8-14(18(25)26)17(24)16-13(15)7-11(9-22-16)6-10-2-4-12(20)5-3-10/h2-5,7-9,24H,6H2,1H3,(H,25,26)(H2,21,23,27). The minimum atomic E-state index is -1.27. The summed E-state index contributed by atoms with van der Waals surface area (Å²) in [5.41, 5.74) is 1.99. The van der Waals surface area contributed by atoms with Gasteiger partial charge in [-0.1, -0.05) is 12.1 Å². The van der Waals surface area contributed by atoms with Crippen molar-refractivity contribution >= 4 is 39.9 Å². The van der Waals surface area contributed by atoms with Crippen LogP contribution in [0.25, 0.3) is 10.9 Å². The third-order valence-corrected chi connectivity index (χ3v) is 4.34. The lowest BCUT2D eigenvalue weighted by Crippen LogP contribution is -2.24. The molecule has 1 aromatic heterocycles. The Hall–Kier alpha value is -3.26. The van der Waals surface area contributed by atoms with Crippen LogP contribution in [0.2, 0.25) is 0 Å². The van der Waals surface area contributed by atoms with Crippen LogP contribution in [0.3, 0.4) is 0 Å². The first kappa shape index (κ1) is 18.5. The molecule has 0 amide bonds. The molecule has 0 aliphatic carbocycles. The highest BCUT2D eigenvalue weighted by Crippen LogP contribution is 2.34. The lowest BCUT2D eigenvalue weighted by molar-refractivity contribution is 0.0694. The molecule has 0 atom stereocenters. The maximum Gasteiger partial charge on any atom is 0.339 e. The van der Waals surface area contributed by atoms with E-state index < -0.39 is 11.7 Å². The fourth-order valence-electron chi connectivity index (χ4n) is 2.71. The van der Waals surface area contributed by atoms with Crippen LogP contribution >= 0.6 is 12.2 Å². The zero-order valence-corrected chi connectivity index (χ0v) is 15.1. The molecule has 0 unspecified atom stereocenters. The molecule has 1 heterocycles. The van der Waals surface area contributed by atoms with E-state index in [-0.39, 0.29) is 16.9 Å². The number of phenols is 1. The quantitative estimate of drug-likeness (QED) is 0.404. The predicted octanol–water partition coefficient (Wildman–Crippen LogP) is 3.28. The van der Waals surface area contributed by atoms with Gasteiger partial charge < -0.3 is 20.8 Å². The van der Waals surface area contributed by atoms with Crippen molar-refractivity contribution in [2.45, 2.75) is 6.42 Å². The highest BCUT2D eigenvalue weighted by Gasteiger charge is 2.18. The fourth-order valence-corrected chi connectivity index (χ4v) is 2.82. The number of hydrogen-bond donors (Lipinski definition) is 4. The van der Waals surface area contributed by atoms with Gasteiger partial charge in [0.05, 0.1) is 5.69 Å². The van der Waals surface area contributed by atoms with E-state index in [1.807, 2.05) is 0 Å². The second kappa shape index (κ2) is 7.55. The second-order valence-electron chi connectivity index (χ2n) is 5.87. The van der Waals surface area contributed by atoms with Crippen molar-refractivity contribution in [3.8, 4) is 5.75 Å². The van der Waals surface area contributed by atoms with E-state index in [0.29, 0.717) is 22.6 Å². The zero-order valence-electron chi connectivity index (χ0n) is 14.3. The molecule has 4 N–H and O–H groups in total. The van der Waals surface area contributed by atoms with Gasteiger partial charge in [0, 0.05) is 18.6 Å². The van der Waals surface area contributed by atoms with Crippen LogP contribution in [-0.4, -0.2) is 33.3 Å². The van der Waals surface area contributed by atoms with Gasteiger partial charge in [0.15, 0.2) is 10.9 Å².